The summed E-state index contributed by atoms with van der Waals surface area (Å²) in [6.45, 7) is 4.38. The molecule has 0 aliphatic heterocycles. The molecular formula is C23H48O4S. The van der Waals surface area contributed by atoms with Gasteiger partial charge >= 0.3 is 0 Å². The van der Waals surface area contributed by atoms with Crippen molar-refractivity contribution in [2.45, 2.75) is 147 Å². The van der Waals surface area contributed by atoms with E-state index in [0.29, 0.717) is 12.8 Å². The minimum atomic E-state index is -3.92. The fraction of sp³-hybridized carbons (Fsp3) is 1.00. The largest absolute Gasteiger partial charge is 0.393 e. The van der Waals surface area contributed by atoms with Crippen molar-refractivity contribution in [2.24, 2.45) is 0 Å². The molecule has 0 saturated heterocycles. The molecule has 0 fully saturated rings. The summed E-state index contributed by atoms with van der Waals surface area (Å²) >= 11 is 0. The third kappa shape index (κ3) is 17.9. The van der Waals surface area contributed by atoms with Gasteiger partial charge in [0.25, 0.3) is 10.1 Å². The summed E-state index contributed by atoms with van der Waals surface area (Å²) in [7, 11) is -3.92. The maximum absolute atomic E-state index is 11.6. The summed E-state index contributed by atoms with van der Waals surface area (Å²) in [5, 5.41) is 9.33. The minimum Gasteiger partial charge on any atom is -0.393 e. The first kappa shape index (κ1) is 27.9. The minimum absolute atomic E-state index is 0.155. The molecule has 0 saturated carbocycles. The van der Waals surface area contributed by atoms with Gasteiger partial charge < -0.3 is 5.11 Å². The van der Waals surface area contributed by atoms with E-state index in [-0.39, 0.29) is 6.10 Å². The Kier molecular flexibility index (Phi) is 18.8. The van der Waals surface area contributed by atoms with Crippen LogP contribution in [0.15, 0.2) is 0 Å². The third-order valence-corrected chi connectivity index (χ3v) is 7.07. The summed E-state index contributed by atoms with van der Waals surface area (Å²) in [4.78, 5) is 0. The molecule has 0 aliphatic carbocycles. The van der Waals surface area contributed by atoms with E-state index >= 15 is 0 Å². The van der Waals surface area contributed by atoms with E-state index in [9.17, 15) is 18.1 Å². The van der Waals surface area contributed by atoms with E-state index in [2.05, 4.69) is 13.8 Å². The molecule has 0 aromatic rings. The Morgan fingerprint density at radius 2 is 0.893 bits per heavy atom. The van der Waals surface area contributed by atoms with Crippen molar-refractivity contribution in [2.75, 3.05) is 0 Å². The van der Waals surface area contributed by atoms with Crippen LogP contribution in [0.2, 0.25) is 0 Å². The second-order valence-corrected chi connectivity index (χ2v) is 10.2. The van der Waals surface area contributed by atoms with Crippen molar-refractivity contribution in [3.63, 3.8) is 0 Å². The highest BCUT2D eigenvalue weighted by molar-refractivity contribution is 7.86. The van der Waals surface area contributed by atoms with Crippen LogP contribution in [0.3, 0.4) is 0 Å². The second kappa shape index (κ2) is 18.9. The molecule has 5 heteroatoms. The van der Waals surface area contributed by atoms with Gasteiger partial charge in [0.2, 0.25) is 0 Å². The molecule has 0 aromatic carbocycles. The fourth-order valence-electron chi connectivity index (χ4n) is 3.83. The molecule has 2 N–H and O–H groups in total. The predicted octanol–water partition coefficient (Wildman–Crippen LogP) is 7.06. The van der Waals surface area contributed by atoms with Gasteiger partial charge in [0.1, 0.15) is 0 Å². The number of unbranched alkanes of at least 4 members (excludes halogenated alkanes) is 12. The average molecular weight is 421 g/mol. The SMILES string of the molecule is CCCCCCCCCC(CCCCCCCC(O)CCCCC)S(=O)(=O)O. The molecule has 0 spiro atoms. The van der Waals surface area contributed by atoms with Crippen LogP contribution in [0.5, 0.6) is 0 Å². The maximum Gasteiger partial charge on any atom is 0.267 e. The van der Waals surface area contributed by atoms with Gasteiger partial charge in [0, 0.05) is 0 Å². The monoisotopic (exact) mass is 420 g/mol. The molecule has 0 bridgehead atoms. The van der Waals surface area contributed by atoms with Crippen LogP contribution in [0.1, 0.15) is 136 Å². The lowest BCUT2D eigenvalue weighted by atomic mass is 10.0. The zero-order valence-corrected chi connectivity index (χ0v) is 19.5. The highest BCUT2D eigenvalue weighted by Crippen LogP contribution is 2.19. The molecule has 0 radical (unpaired) electrons. The Bertz CT molecular complexity index is 422. The summed E-state index contributed by atoms with van der Waals surface area (Å²) in [5.41, 5.74) is 0. The average Bonchev–Trinajstić information content (AvgIpc) is 2.64. The molecular weight excluding hydrogens is 372 g/mol. The molecule has 0 aromatic heterocycles. The molecule has 2 atom stereocenters. The molecule has 2 unspecified atom stereocenters. The molecule has 170 valence electrons. The molecule has 0 amide bonds. The van der Waals surface area contributed by atoms with Gasteiger partial charge in [-0.15, -0.1) is 0 Å². The van der Waals surface area contributed by atoms with Crippen molar-refractivity contribution in [3.05, 3.63) is 0 Å². The zero-order valence-electron chi connectivity index (χ0n) is 18.7. The number of aliphatic hydroxyl groups is 1. The van der Waals surface area contributed by atoms with Crippen LogP contribution in [0.25, 0.3) is 0 Å². The standard InChI is InChI=1S/C23H48O4S/c1-3-5-7-8-9-12-16-20-23(28(25,26)27)21-17-13-10-11-15-19-22(24)18-14-6-4-2/h22-24H,3-21H2,1-2H3,(H,25,26,27). The topological polar surface area (TPSA) is 74.6 Å². The van der Waals surface area contributed by atoms with E-state index in [1.807, 2.05) is 0 Å². The van der Waals surface area contributed by atoms with E-state index < -0.39 is 15.4 Å². The Morgan fingerprint density at radius 1 is 0.571 bits per heavy atom. The van der Waals surface area contributed by atoms with Crippen molar-refractivity contribution in [1.29, 1.82) is 0 Å². The lowest BCUT2D eigenvalue weighted by Crippen LogP contribution is -2.20. The first-order chi connectivity index (χ1) is 13.4. The molecule has 4 nitrogen and oxygen atoms in total. The summed E-state index contributed by atoms with van der Waals surface area (Å²) in [6, 6.07) is 0. The Hall–Kier alpha value is -0.130. The van der Waals surface area contributed by atoms with Crippen molar-refractivity contribution in [1.82, 2.24) is 0 Å². The van der Waals surface area contributed by atoms with Crippen LogP contribution in [0.4, 0.5) is 0 Å². The lowest BCUT2D eigenvalue weighted by molar-refractivity contribution is 0.147. The molecule has 0 aliphatic rings. The molecule has 0 heterocycles. The van der Waals surface area contributed by atoms with Crippen molar-refractivity contribution in [3.8, 4) is 0 Å². The molecule has 28 heavy (non-hydrogen) atoms. The Morgan fingerprint density at radius 3 is 1.32 bits per heavy atom. The number of rotatable bonds is 21. The fourth-order valence-corrected chi connectivity index (χ4v) is 4.76. The quantitative estimate of drug-likeness (QED) is 0.154. The van der Waals surface area contributed by atoms with Gasteiger partial charge in [-0.05, 0) is 25.7 Å². The molecule has 0 rings (SSSR count). The van der Waals surface area contributed by atoms with E-state index in [1.165, 1.54) is 44.9 Å². The zero-order chi connectivity index (χ0) is 21.1. The second-order valence-electron chi connectivity index (χ2n) is 8.54. The van der Waals surface area contributed by atoms with Gasteiger partial charge in [-0.1, -0.05) is 110 Å². The predicted molar refractivity (Wildman–Crippen MR) is 120 cm³/mol. The normalized spacial score (nSPS) is 14.3. The number of hydrogen-bond acceptors (Lipinski definition) is 3. The van der Waals surface area contributed by atoms with Crippen molar-refractivity contribution >= 4 is 10.1 Å². The van der Waals surface area contributed by atoms with Gasteiger partial charge in [0.05, 0.1) is 11.4 Å². The first-order valence-electron chi connectivity index (χ1n) is 12.1. The van der Waals surface area contributed by atoms with Crippen molar-refractivity contribution < 1.29 is 18.1 Å². The Balaban J connectivity index is 3.73. The van der Waals surface area contributed by atoms with Gasteiger partial charge in [-0.2, -0.15) is 8.42 Å². The van der Waals surface area contributed by atoms with Crippen LogP contribution in [-0.4, -0.2) is 29.4 Å². The number of aliphatic hydroxyl groups excluding tert-OH is 1. The Labute approximate surface area is 175 Å². The van der Waals surface area contributed by atoms with Crippen LogP contribution in [-0.2, 0) is 10.1 Å². The summed E-state index contributed by atoms with van der Waals surface area (Å²) in [5.74, 6) is 0. The maximum atomic E-state index is 11.6. The van der Waals surface area contributed by atoms with Gasteiger partial charge in [0.15, 0.2) is 0 Å². The summed E-state index contributed by atoms with van der Waals surface area (Å²) in [6.07, 6.45) is 19.6. The summed E-state index contributed by atoms with van der Waals surface area (Å²) < 4.78 is 32.7. The van der Waals surface area contributed by atoms with E-state index in [1.54, 1.807) is 0 Å². The highest BCUT2D eigenvalue weighted by atomic mass is 32.2. The van der Waals surface area contributed by atoms with Crippen LogP contribution < -0.4 is 0 Å². The van der Waals surface area contributed by atoms with E-state index in [4.69, 9.17) is 0 Å². The van der Waals surface area contributed by atoms with Gasteiger partial charge in [-0.25, -0.2) is 0 Å². The van der Waals surface area contributed by atoms with Gasteiger partial charge in [-0.3, -0.25) is 4.55 Å². The highest BCUT2D eigenvalue weighted by Gasteiger charge is 2.21. The third-order valence-electron chi connectivity index (χ3n) is 5.76. The lowest BCUT2D eigenvalue weighted by Gasteiger charge is -2.14. The van der Waals surface area contributed by atoms with Crippen LogP contribution in [0, 0.1) is 0 Å². The first-order valence-corrected chi connectivity index (χ1v) is 13.6. The smallest absolute Gasteiger partial charge is 0.267 e. The van der Waals surface area contributed by atoms with E-state index in [0.717, 1.165) is 64.2 Å². The number of hydrogen-bond donors (Lipinski definition) is 2. The van der Waals surface area contributed by atoms with Crippen LogP contribution >= 0.6 is 0 Å².